The molecule has 0 aromatic carbocycles. The first-order valence-corrected chi connectivity index (χ1v) is 11.3. The second kappa shape index (κ2) is 16.1. The zero-order chi connectivity index (χ0) is 24.9. The Morgan fingerprint density at radius 3 is 1.82 bits per heavy atom. The van der Waals surface area contributed by atoms with E-state index in [-0.39, 0.29) is 49.4 Å². The molecule has 0 rings (SSSR count). The summed E-state index contributed by atoms with van der Waals surface area (Å²) in [5.41, 5.74) is 5.84. The van der Waals surface area contributed by atoms with Crippen LogP contribution < -0.4 is 39.4 Å². The van der Waals surface area contributed by atoms with Crippen LogP contribution in [0.1, 0.15) is 12.8 Å². The van der Waals surface area contributed by atoms with Crippen molar-refractivity contribution in [1.29, 1.82) is 0 Å². The summed E-state index contributed by atoms with van der Waals surface area (Å²) < 4.78 is 1.42. The molecule has 0 unspecified atom stereocenters. The van der Waals surface area contributed by atoms with E-state index in [0.29, 0.717) is 22.1 Å². The average molecular weight is 512 g/mol. The fourth-order valence-electron chi connectivity index (χ4n) is 2.40. The van der Waals surface area contributed by atoms with Gasteiger partial charge in [0.05, 0.1) is 87.1 Å². The molecule has 6 N–H and O–H groups in total. The number of halogens is 1. The molecule has 194 valence electrons. The maximum atomic E-state index is 12.2. The molecule has 0 aliphatic rings. The van der Waals surface area contributed by atoms with Crippen LogP contribution in [0.5, 0.6) is 0 Å². The SMILES string of the molecule is C[N+](C)(C)CCNC(=O)CNC(=O)[C@H](C[S-])NC(=O)CC[C@H](N)C(=O)NCC[N+](C)(C)C.[Cl-]. The number of hydrogen-bond acceptors (Lipinski definition) is 6. The van der Waals surface area contributed by atoms with Gasteiger partial charge in [-0.25, -0.2) is 0 Å². The maximum Gasteiger partial charge on any atom is 0.241 e. The maximum absolute atomic E-state index is 12.2. The van der Waals surface area contributed by atoms with Crippen molar-refractivity contribution >= 4 is 36.3 Å². The van der Waals surface area contributed by atoms with Gasteiger partial charge < -0.3 is 61.0 Å². The van der Waals surface area contributed by atoms with E-state index in [9.17, 15) is 19.2 Å². The molecule has 2 atom stereocenters. The largest absolute Gasteiger partial charge is 1.00 e. The van der Waals surface area contributed by atoms with Gasteiger partial charge in [-0.05, 0) is 6.42 Å². The van der Waals surface area contributed by atoms with Gasteiger partial charge in [-0.1, -0.05) is 0 Å². The lowest BCUT2D eigenvalue weighted by Gasteiger charge is -2.24. The third kappa shape index (κ3) is 18.5. The van der Waals surface area contributed by atoms with E-state index in [4.69, 9.17) is 18.4 Å². The van der Waals surface area contributed by atoms with Crippen molar-refractivity contribution in [2.24, 2.45) is 5.73 Å². The standard InChI is InChI=1S/C20H41N7O4S.ClH/c1-26(2,3)11-9-22-18(29)13-24-20(31)16(14-32)25-17(28)8-7-15(21)19(30)23-10-12-27(4,5)6;/h15-16H,7-14,21H2,1-6H3,(H3-2,22,23,24,25,28,29,30,31,32);1H/t15-,16-;/m0./s1. The zero-order valence-corrected chi connectivity index (χ0v) is 22.3. The first kappa shape index (κ1) is 33.6. The van der Waals surface area contributed by atoms with Crippen LogP contribution in [-0.2, 0) is 31.8 Å². The summed E-state index contributed by atoms with van der Waals surface area (Å²) in [6, 6.07) is -1.76. The highest BCUT2D eigenvalue weighted by atomic mass is 35.5. The third-order valence-corrected chi connectivity index (χ3v) is 4.78. The monoisotopic (exact) mass is 511 g/mol. The van der Waals surface area contributed by atoms with Crippen molar-refractivity contribution in [1.82, 2.24) is 21.3 Å². The lowest BCUT2D eigenvalue weighted by molar-refractivity contribution is -0.869. The summed E-state index contributed by atoms with van der Waals surface area (Å²) in [6.07, 6.45) is 0.122. The molecule has 0 spiro atoms. The van der Waals surface area contributed by atoms with Crippen LogP contribution in [0.15, 0.2) is 0 Å². The van der Waals surface area contributed by atoms with Crippen LogP contribution in [0.2, 0.25) is 0 Å². The van der Waals surface area contributed by atoms with Gasteiger partial charge in [0, 0.05) is 6.42 Å². The van der Waals surface area contributed by atoms with Crippen LogP contribution in [-0.4, -0.2) is 125 Å². The number of amides is 4. The molecule has 0 fully saturated rings. The number of quaternary nitrogens is 2. The van der Waals surface area contributed by atoms with Gasteiger partial charge >= 0.3 is 0 Å². The Labute approximate surface area is 209 Å². The molecule has 0 bridgehead atoms. The minimum absolute atomic E-state index is 0. The Kier molecular flexibility index (Phi) is 16.4. The van der Waals surface area contributed by atoms with E-state index >= 15 is 0 Å². The third-order valence-electron chi connectivity index (χ3n) is 4.45. The van der Waals surface area contributed by atoms with Crippen LogP contribution in [0.4, 0.5) is 0 Å². The molecule has 0 saturated heterocycles. The molecule has 0 aliphatic carbocycles. The summed E-state index contributed by atoms with van der Waals surface area (Å²) in [5, 5.41) is 10.5. The number of nitrogens with two attached hydrogens (primary N) is 1. The van der Waals surface area contributed by atoms with Crippen LogP contribution in [0, 0.1) is 0 Å². The summed E-state index contributed by atoms with van der Waals surface area (Å²) in [6.45, 7) is 2.28. The Balaban J connectivity index is 0. The normalized spacial score (nSPS) is 13.2. The van der Waals surface area contributed by atoms with Gasteiger partial charge in [0.15, 0.2) is 0 Å². The molecule has 4 amide bonds. The highest BCUT2D eigenvalue weighted by Gasteiger charge is 2.20. The van der Waals surface area contributed by atoms with Crippen molar-refractivity contribution in [3.05, 3.63) is 0 Å². The highest BCUT2D eigenvalue weighted by Crippen LogP contribution is 1.97. The highest BCUT2D eigenvalue weighted by molar-refractivity contribution is 7.58. The first-order valence-electron chi connectivity index (χ1n) is 10.7. The second-order valence-electron chi connectivity index (χ2n) is 9.82. The van der Waals surface area contributed by atoms with Crippen LogP contribution >= 0.6 is 0 Å². The summed E-state index contributed by atoms with van der Waals surface area (Å²) in [7, 11) is 12.1. The molecule has 11 nitrogen and oxygen atoms in total. The number of likely N-dealkylation sites (N-methyl/N-ethyl adjacent to an activating group) is 2. The number of carbonyl (C=O) groups is 4. The molecular formula is C20H42ClN7O4S. The van der Waals surface area contributed by atoms with Gasteiger partial charge in [-0.2, -0.15) is 0 Å². The van der Waals surface area contributed by atoms with E-state index in [0.717, 1.165) is 13.1 Å². The molecular weight excluding hydrogens is 470 g/mol. The summed E-state index contributed by atoms with van der Waals surface area (Å²) in [5.74, 6) is -1.64. The quantitative estimate of drug-likeness (QED) is 0.109. The lowest BCUT2D eigenvalue weighted by atomic mass is 10.1. The number of carbonyl (C=O) groups excluding carboxylic acids is 4. The zero-order valence-electron chi connectivity index (χ0n) is 20.7. The van der Waals surface area contributed by atoms with Gasteiger partial charge in [-0.15, -0.1) is 5.75 Å². The van der Waals surface area contributed by atoms with Crippen molar-refractivity contribution in [3.63, 3.8) is 0 Å². The van der Waals surface area contributed by atoms with Crippen molar-refractivity contribution in [2.75, 3.05) is 80.8 Å². The van der Waals surface area contributed by atoms with Crippen LogP contribution in [0.3, 0.4) is 0 Å². The molecule has 0 aliphatic heterocycles. The van der Waals surface area contributed by atoms with Gasteiger partial charge in [0.1, 0.15) is 0 Å². The van der Waals surface area contributed by atoms with E-state index in [1.54, 1.807) is 0 Å². The summed E-state index contributed by atoms with van der Waals surface area (Å²) >= 11 is 4.95. The smallest absolute Gasteiger partial charge is 0.241 e. The molecule has 33 heavy (non-hydrogen) atoms. The number of hydrogen-bond donors (Lipinski definition) is 5. The Bertz CT molecular complexity index is 639. The first-order chi connectivity index (χ1) is 14.6. The van der Waals surface area contributed by atoms with Gasteiger partial charge in [0.25, 0.3) is 0 Å². The lowest BCUT2D eigenvalue weighted by Crippen LogP contribution is -3.00. The van der Waals surface area contributed by atoms with E-state index < -0.39 is 23.9 Å². The second-order valence-corrected chi connectivity index (χ2v) is 10.2. The van der Waals surface area contributed by atoms with Crippen molar-refractivity contribution < 1.29 is 40.6 Å². The minimum atomic E-state index is -0.939. The van der Waals surface area contributed by atoms with E-state index in [1.165, 1.54) is 0 Å². The molecule has 0 aromatic heterocycles. The van der Waals surface area contributed by atoms with E-state index in [2.05, 4.69) is 21.3 Å². The Hall–Kier alpha value is -1.60. The van der Waals surface area contributed by atoms with E-state index in [1.807, 2.05) is 42.3 Å². The van der Waals surface area contributed by atoms with Crippen LogP contribution in [0.25, 0.3) is 0 Å². The van der Waals surface area contributed by atoms with Crippen molar-refractivity contribution in [2.45, 2.75) is 24.9 Å². The minimum Gasteiger partial charge on any atom is -1.00 e. The number of nitrogens with zero attached hydrogens (tertiary/aromatic N) is 2. The Morgan fingerprint density at radius 2 is 1.33 bits per heavy atom. The Morgan fingerprint density at radius 1 is 0.818 bits per heavy atom. The molecule has 0 heterocycles. The topological polar surface area (TPSA) is 142 Å². The van der Waals surface area contributed by atoms with Crippen molar-refractivity contribution in [3.8, 4) is 0 Å². The average Bonchev–Trinajstić information content (AvgIpc) is 2.66. The number of rotatable bonds is 15. The fraction of sp³-hybridized carbons (Fsp3) is 0.800. The molecule has 13 heteroatoms. The predicted octanol–water partition coefficient (Wildman–Crippen LogP) is -6.11. The molecule has 0 aromatic rings. The van der Waals surface area contributed by atoms with Gasteiger partial charge in [0.2, 0.25) is 23.6 Å². The summed E-state index contributed by atoms with van der Waals surface area (Å²) in [4.78, 5) is 48.2. The van der Waals surface area contributed by atoms with Gasteiger partial charge in [-0.3, -0.25) is 19.2 Å². The fourth-order valence-corrected chi connectivity index (χ4v) is 2.63. The molecule has 0 radical (unpaired) electrons. The predicted molar refractivity (Wildman–Crippen MR) is 126 cm³/mol. The number of nitrogens with one attached hydrogen (secondary N) is 4. The molecule has 0 saturated carbocycles.